The average molecular weight is 249 g/mol. The van der Waals surface area contributed by atoms with Crippen LogP contribution in [0.4, 0.5) is 36.4 Å². The van der Waals surface area contributed by atoms with Gasteiger partial charge >= 0.3 is 6.30 Å². The summed E-state index contributed by atoms with van der Waals surface area (Å²) >= 11 is 0. The van der Waals surface area contributed by atoms with Crippen LogP contribution in [0.3, 0.4) is 0 Å². The summed E-state index contributed by atoms with van der Waals surface area (Å²) in [7, 11) is 0. The minimum atomic E-state index is -5.28. The van der Waals surface area contributed by atoms with Crippen LogP contribution in [0, 0.1) is 23.3 Å². The van der Waals surface area contributed by atoms with Gasteiger partial charge in [0.1, 0.15) is 5.69 Å². The number of phenols is 1. The number of hydrogen-bond donors (Lipinski definition) is 2. The molecule has 0 saturated heterocycles. The fourth-order valence-electron chi connectivity index (χ4n) is 0.872. The van der Waals surface area contributed by atoms with E-state index in [-0.39, 0.29) is 5.32 Å². The SMILES string of the molecule is Oc1c(F)c(F)c(NC(F)(F)F)c(F)c1F. The van der Waals surface area contributed by atoms with Crippen molar-refractivity contribution in [2.24, 2.45) is 0 Å². The number of halogens is 7. The molecule has 1 aromatic rings. The van der Waals surface area contributed by atoms with Crippen molar-refractivity contribution in [2.45, 2.75) is 6.30 Å². The van der Waals surface area contributed by atoms with Gasteiger partial charge in [-0.15, -0.1) is 0 Å². The van der Waals surface area contributed by atoms with Gasteiger partial charge in [-0.1, -0.05) is 0 Å². The molecule has 0 spiro atoms. The van der Waals surface area contributed by atoms with Crippen molar-refractivity contribution in [1.29, 1.82) is 0 Å². The first kappa shape index (κ1) is 12.4. The molecule has 9 heteroatoms. The summed E-state index contributed by atoms with van der Waals surface area (Å²) in [5.41, 5.74) is -2.06. The summed E-state index contributed by atoms with van der Waals surface area (Å²) in [5, 5.41) is 8.74. The molecule has 0 saturated carbocycles. The predicted molar refractivity (Wildman–Crippen MR) is 37.6 cm³/mol. The van der Waals surface area contributed by atoms with E-state index in [1.54, 1.807) is 0 Å². The van der Waals surface area contributed by atoms with Gasteiger partial charge < -0.3 is 5.11 Å². The van der Waals surface area contributed by atoms with Gasteiger partial charge in [-0.25, -0.2) is 8.78 Å². The van der Waals surface area contributed by atoms with Gasteiger partial charge in [0, 0.05) is 0 Å². The minimum absolute atomic E-state index is 0.285. The molecular formula is C7H2F7NO. The van der Waals surface area contributed by atoms with E-state index >= 15 is 0 Å². The van der Waals surface area contributed by atoms with Crippen LogP contribution in [0.2, 0.25) is 0 Å². The Balaban J connectivity index is 3.40. The quantitative estimate of drug-likeness (QED) is 0.347. The first-order chi connectivity index (χ1) is 7.15. The van der Waals surface area contributed by atoms with E-state index in [1.807, 2.05) is 0 Å². The molecule has 0 unspecified atom stereocenters. The van der Waals surface area contributed by atoms with E-state index in [9.17, 15) is 30.7 Å². The molecule has 1 aromatic carbocycles. The van der Waals surface area contributed by atoms with Crippen LogP contribution in [0.1, 0.15) is 0 Å². The lowest BCUT2D eigenvalue weighted by atomic mass is 10.2. The largest absolute Gasteiger partial charge is 0.503 e. The van der Waals surface area contributed by atoms with Gasteiger partial charge in [0.15, 0.2) is 17.4 Å². The molecule has 0 aliphatic rings. The van der Waals surface area contributed by atoms with Gasteiger partial charge in [-0.3, -0.25) is 5.32 Å². The van der Waals surface area contributed by atoms with Crippen LogP contribution < -0.4 is 5.32 Å². The van der Waals surface area contributed by atoms with E-state index in [2.05, 4.69) is 0 Å². The number of aromatic hydroxyl groups is 1. The maximum Gasteiger partial charge on any atom is 0.482 e. The third kappa shape index (κ3) is 2.12. The lowest BCUT2D eigenvalue weighted by molar-refractivity contribution is -0.100. The van der Waals surface area contributed by atoms with Crippen LogP contribution in [0.5, 0.6) is 5.75 Å². The smallest absolute Gasteiger partial charge is 0.482 e. The summed E-state index contributed by atoms with van der Waals surface area (Å²) in [6, 6.07) is 0. The zero-order chi connectivity index (χ0) is 12.7. The molecule has 1 rings (SSSR count). The number of hydrogen-bond acceptors (Lipinski definition) is 2. The van der Waals surface area contributed by atoms with Gasteiger partial charge in [0.05, 0.1) is 0 Å². The van der Waals surface area contributed by atoms with Crippen LogP contribution in [0.25, 0.3) is 0 Å². The van der Waals surface area contributed by atoms with E-state index in [1.165, 1.54) is 0 Å². The summed E-state index contributed by atoms with van der Waals surface area (Å²) in [4.78, 5) is 0. The summed E-state index contributed by atoms with van der Waals surface area (Å²) in [6.45, 7) is 0. The lowest BCUT2D eigenvalue weighted by Crippen LogP contribution is -2.23. The van der Waals surface area contributed by atoms with Gasteiger partial charge in [-0.05, 0) is 0 Å². The zero-order valence-corrected chi connectivity index (χ0v) is 7.09. The zero-order valence-electron chi connectivity index (χ0n) is 7.09. The number of phenolic OH excluding ortho intramolecular Hbond substituents is 1. The topological polar surface area (TPSA) is 32.3 Å². The highest BCUT2D eigenvalue weighted by Crippen LogP contribution is 2.34. The first-order valence-corrected chi connectivity index (χ1v) is 3.55. The number of anilines is 1. The second-order valence-electron chi connectivity index (χ2n) is 2.60. The summed E-state index contributed by atoms with van der Waals surface area (Å²) < 4.78 is 85.7. The molecule has 0 aromatic heterocycles. The van der Waals surface area contributed by atoms with E-state index in [0.717, 1.165) is 0 Å². The van der Waals surface area contributed by atoms with Crippen LogP contribution in [-0.2, 0) is 0 Å². The van der Waals surface area contributed by atoms with Crippen LogP contribution in [-0.4, -0.2) is 11.4 Å². The monoisotopic (exact) mass is 249 g/mol. The first-order valence-electron chi connectivity index (χ1n) is 3.55. The van der Waals surface area contributed by atoms with Crippen LogP contribution in [0.15, 0.2) is 0 Å². The van der Waals surface area contributed by atoms with Crippen molar-refractivity contribution in [1.82, 2.24) is 0 Å². The molecule has 0 radical (unpaired) electrons. The number of benzene rings is 1. The molecule has 0 heterocycles. The molecule has 16 heavy (non-hydrogen) atoms. The van der Waals surface area contributed by atoms with E-state index < -0.39 is 41.0 Å². The Morgan fingerprint density at radius 1 is 0.812 bits per heavy atom. The van der Waals surface area contributed by atoms with E-state index in [4.69, 9.17) is 5.11 Å². The molecule has 0 aliphatic heterocycles. The Morgan fingerprint density at radius 2 is 1.19 bits per heavy atom. The lowest BCUT2D eigenvalue weighted by Gasteiger charge is -2.13. The molecule has 2 N–H and O–H groups in total. The fourth-order valence-corrected chi connectivity index (χ4v) is 0.872. The maximum atomic E-state index is 12.7. The molecule has 0 amide bonds. The Hall–Kier alpha value is -1.67. The van der Waals surface area contributed by atoms with Gasteiger partial charge in [0.2, 0.25) is 11.6 Å². The highest BCUT2D eigenvalue weighted by molar-refractivity contribution is 5.51. The average Bonchev–Trinajstić information content (AvgIpc) is 2.17. The van der Waals surface area contributed by atoms with Crippen molar-refractivity contribution in [3.05, 3.63) is 23.3 Å². The maximum absolute atomic E-state index is 12.7. The Bertz CT molecular complexity index is 399. The van der Waals surface area contributed by atoms with E-state index in [0.29, 0.717) is 0 Å². The highest BCUT2D eigenvalue weighted by atomic mass is 19.4. The van der Waals surface area contributed by atoms with Crippen molar-refractivity contribution >= 4 is 5.69 Å². The molecule has 0 aliphatic carbocycles. The standard InChI is InChI=1S/C7H2F7NO/c8-1-3(10)6(16)4(11)2(9)5(1)15-7(12,13)14/h15-16H. The van der Waals surface area contributed by atoms with Crippen molar-refractivity contribution in [2.75, 3.05) is 5.32 Å². The molecule has 0 atom stereocenters. The van der Waals surface area contributed by atoms with Crippen molar-refractivity contribution in [3.8, 4) is 5.75 Å². The predicted octanol–water partition coefficient (Wildman–Crippen LogP) is 2.88. The van der Waals surface area contributed by atoms with Crippen molar-refractivity contribution in [3.63, 3.8) is 0 Å². The number of rotatable bonds is 1. The third-order valence-electron chi connectivity index (χ3n) is 1.51. The Labute approximate surface area is 83.3 Å². The summed E-state index contributed by atoms with van der Waals surface area (Å²) in [6.07, 6.45) is -5.28. The molecule has 0 bridgehead atoms. The Morgan fingerprint density at radius 3 is 1.50 bits per heavy atom. The van der Waals surface area contributed by atoms with Gasteiger partial charge in [-0.2, -0.15) is 22.0 Å². The Kier molecular flexibility index (Phi) is 2.89. The molecular weight excluding hydrogens is 247 g/mol. The second kappa shape index (κ2) is 3.72. The molecule has 90 valence electrons. The van der Waals surface area contributed by atoms with Crippen LogP contribution >= 0.6 is 0 Å². The van der Waals surface area contributed by atoms with Crippen molar-refractivity contribution < 1.29 is 35.8 Å². The number of alkyl halides is 3. The summed E-state index contributed by atoms with van der Waals surface area (Å²) in [5.74, 6) is -11.4. The fraction of sp³-hybridized carbons (Fsp3) is 0.143. The third-order valence-corrected chi connectivity index (χ3v) is 1.51. The second-order valence-corrected chi connectivity index (χ2v) is 2.60. The molecule has 2 nitrogen and oxygen atoms in total. The molecule has 0 fully saturated rings. The highest BCUT2D eigenvalue weighted by Gasteiger charge is 2.34. The van der Waals surface area contributed by atoms with Gasteiger partial charge in [0.25, 0.3) is 0 Å². The normalized spacial score (nSPS) is 11.7. The number of nitrogens with one attached hydrogen (secondary N) is 1. The minimum Gasteiger partial charge on any atom is -0.503 e.